The highest BCUT2D eigenvalue weighted by atomic mass is 19.4. The average molecular weight is 360 g/mol. The molecule has 2 aromatic carbocycles. The second-order valence-electron chi connectivity index (χ2n) is 6.00. The van der Waals surface area contributed by atoms with E-state index in [1.165, 1.54) is 11.6 Å². The van der Waals surface area contributed by atoms with Crippen LogP contribution in [-0.2, 0) is 19.6 Å². The Balaban J connectivity index is 1.70. The summed E-state index contributed by atoms with van der Waals surface area (Å²) in [5.74, 6) is 0.496. The van der Waals surface area contributed by atoms with E-state index in [2.05, 4.69) is 22.2 Å². The van der Waals surface area contributed by atoms with Gasteiger partial charge in [0.25, 0.3) is 0 Å². The van der Waals surface area contributed by atoms with Gasteiger partial charge in [-0.15, -0.1) is 0 Å². The van der Waals surface area contributed by atoms with E-state index in [9.17, 15) is 13.2 Å². The molecule has 26 heavy (non-hydrogen) atoms. The number of nitrogens with zero attached hydrogens (tertiary/aromatic N) is 3. The Kier molecular flexibility index (Phi) is 3.64. The molecule has 0 radical (unpaired) electrons. The topological polar surface area (TPSA) is 55.9 Å². The van der Waals surface area contributed by atoms with Crippen LogP contribution in [0.3, 0.4) is 0 Å². The summed E-state index contributed by atoms with van der Waals surface area (Å²) in [4.78, 5) is 8.61. The molecule has 4 aromatic rings. The third-order valence-corrected chi connectivity index (χ3v) is 4.29. The maximum absolute atomic E-state index is 12.8. The molecule has 134 valence electrons. The van der Waals surface area contributed by atoms with Crippen molar-refractivity contribution in [1.29, 1.82) is 0 Å². The molecule has 0 atom stereocenters. The van der Waals surface area contributed by atoms with Gasteiger partial charge in [-0.1, -0.05) is 13.0 Å². The molecule has 0 aliphatic rings. The number of halogens is 3. The van der Waals surface area contributed by atoms with Crippen molar-refractivity contribution < 1.29 is 17.6 Å². The van der Waals surface area contributed by atoms with Gasteiger partial charge in [-0.25, -0.2) is 4.98 Å². The lowest BCUT2D eigenvalue weighted by molar-refractivity contribution is -0.137. The minimum Gasteiger partial charge on any atom is -0.423 e. The van der Waals surface area contributed by atoms with Gasteiger partial charge in [0.2, 0.25) is 5.95 Å². The fraction of sp³-hybridized carbons (Fsp3) is 0.222. The standard InChI is InChI=1S/C18H15F3N4O/c1-3-10-4-6-14-12(8-10)22-16(25(14)2)24-17-23-13-9-11(18(19,20)21)5-7-15(13)26-17/h4-9H,3H2,1-2H3,(H,22,23,24). The highest BCUT2D eigenvalue weighted by molar-refractivity contribution is 5.81. The van der Waals surface area contributed by atoms with Crippen LogP contribution in [0.1, 0.15) is 18.1 Å². The number of benzene rings is 2. The Labute approximate surface area is 146 Å². The van der Waals surface area contributed by atoms with Crippen molar-refractivity contribution in [2.45, 2.75) is 19.5 Å². The molecule has 0 amide bonds. The number of imidazole rings is 1. The van der Waals surface area contributed by atoms with Crippen LogP contribution in [0, 0.1) is 0 Å². The van der Waals surface area contributed by atoms with E-state index in [1.807, 2.05) is 29.8 Å². The summed E-state index contributed by atoms with van der Waals surface area (Å²) < 4.78 is 45.8. The fourth-order valence-corrected chi connectivity index (χ4v) is 2.83. The van der Waals surface area contributed by atoms with Crippen LogP contribution in [0.2, 0.25) is 0 Å². The molecular formula is C18H15F3N4O. The van der Waals surface area contributed by atoms with Gasteiger partial charge in [0, 0.05) is 7.05 Å². The summed E-state index contributed by atoms with van der Waals surface area (Å²) in [5.41, 5.74) is 2.57. The maximum Gasteiger partial charge on any atom is 0.416 e. The van der Waals surface area contributed by atoms with Crippen molar-refractivity contribution in [2.24, 2.45) is 7.05 Å². The van der Waals surface area contributed by atoms with Crippen LogP contribution in [-0.4, -0.2) is 14.5 Å². The van der Waals surface area contributed by atoms with Crippen LogP contribution in [0.5, 0.6) is 0 Å². The number of oxazole rings is 1. The molecule has 0 aliphatic heterocycles. The number of hydrogen-bond acceptors (Lipinski definition) is 4. The molecule has 0 saturated carbocycles. The zero-order valence-electron chi connectivity index (χ0n) is 14.1. The summed E-state index contributed by atoms with van der Waals surface area (Å²) >= 11 is 0. The van der Waals surface area contributed by atoms with Gasteiger partial charge in [0.1, 0.15) is 5.52 Å². The van der Waals surface area contributed by atoms with E-state index >= 15 is 0 Å². The largest absolute Gasteiger partial charge is 0.423 e. The van der Waals surface area contributed by atoms with Gasteiger partial charge < -0.3 is 8.98 Å². The molecule has 0 unspecified atom stereocenters. The Morgan fingerprint density at radius 3 is 2.62 bits per heavy atom. The number of aryl methyl sites for hydroxylation is 2. The van der Waals surface area contributed by atoms with Gasteiger partial charge in [-0.05, 0) is 42.3 Å². The summed E-state index contributed by atoms with van der Waals surface area (Å²) in [6.45, 7) is 2.07. The molecular weight excluding hydrogens is 345 g/mol. The zero-order valence-corrected chi connectivity index (χ0v) is 14.1. The molecule has 1 N–H and O–H groups in total. The first-order valence-electron chi connectivity index (χ1n) is 8.05. The van der Waals surface area contributed by atoms with Crippen LogP contribution in [0.4, 0.5) is 25.1 Å². The first-order chi connectivity index (χ1) is 12.3. The van der Waals surface area contributed by atoms with Crippen LogP contribution < -0.4 is 5.32 Å². The average Bonchev–Trinajstić information content (AvgIpc) is 3.14. The normalized spacial score (nSPS) is 12.2. The second-order valence-corrected chi connectivity index (χ2v) is 6.00. The van der Waals surface area contributed by atoms with Crippen LogP contribution >= 0.6 is 0 Å². The van der Waals surface area contributed by atoms with Gasteiger partial charge in [0.15, 0.2) is 5.58 Å². The number of fused-ring (bicyclic) bond motifs is 2. The van der Waals surface area contributed by atoms with Crippen molar-refractivity contribution in [3.63, 3.8) is 0 Å². The zero-order chi connectivity index (χ0) is 18.5. The van der Waals surface area contributed by atoms with E-state index in [-0.39, 0.29) is 17.1 Å². The number of hydrogen-bond donors (Lipinski definition) is 1. The van der Waals surface area contributed by atoms with Crippen molar-refractivity contribution in [1.82, 2.24) is 14.5 Å². The number of anilines is 2. The number of rotatable bonds is 3. The third-order valence-electron chi connectivity index (χ3n) is 4.29. The highest BCUT2D eigenvalue weighted by Crippen LogP contribution is 2.32. The number of aromatic nitrogens is 3. The molecule has 8 heteroatoms. The molecule has 2 aromatic heterocycles. The van der Waals surface area contributed by atoms with Crippen molar-refractivity contribution in [2.75, 3.05) is 5.32 Å². The fourth-order valence-electron chi connectivity index (χ4n) is 2.83. The third kappa shape index (κ3) is 2.77. The lowest BCUT2D eigenvalue weighted by atomic mass is 10.1. The Hall–Kier alpha value is -3.03. The lowest BCUT2D eigenvalue weighted by Gasteiger charge is -2.04. The summed E-state index contributed by atoms with van der Waals surface area (Å²) in [6, 6.07) is 9.31. The van der Waals surface area contributed by atoms with Crippen LogP contribution in [0.25, 0.3) is 22.1 Å². The van der Waals surface area contributed by atoms with Gasteiger partial charge >= 0.3 is 12.2 Å². The predicted molar refractivity (Wildman–Crippen MR) is 92.4 cm³/mol. The molecule has 0 saturated heterocycles. The first-order valence-corrected chi connectivity index (χ1v) is 8.05. The second kappa shape index (κ2) is 5.76. The van der Waals surface area contributed by atoms with Crippen LogP contribution in [0.15, 0.2) is 40.8 Å². The summed E-state index contributed by atoms with van der Waals surface area (Å²) in [6.07, 6.45) is -3.52. The Morgan fingerprint density at radius 2 is 1.88 bits per heavy atom. The molecule has 0 spiro atoms. The molecule has 0 fully saturated rings. The van der Waals surface area contributed by atoms with E-state index in [1.54, 1.807) is 0 Å². The van der Waals surface area contributed by atoms with Gasteiger partial charge in [0.05, 0.1) is 16.6 Å². The lowest BCUT2D eigenvalue weighted by Crippen LogP contribution is -2.04. The highest BCUT2D eigenvalue weighted by Gasteiger charge is 2.31. The SMILES string of the molecule is CCc1ccc2c(c1)nc(Nc1nc3cc(C(F)(F)F)ccc3o1)n2C. The minimum atomic E-state index is -4.42. The predicted octanol–water partition coefficient (Wildman–Crippen LogP) is 5.04. The molecule has 0 bridgehead atoms. The number of nitrogens with one attached hydrogen (secondary N) is 1. The van der Waals surface area contributed by atoms with E-state index in [0.29, 0.717) is 5.95 Å². The van der Waals surface area contributed by atoms with E-state index < -0.39 is 11.7 Å². The van der Waals surface area contributed by atoms with E-state index in [0.717, 1.165) is 29.6 Å². The quantitative estimate of drug-likeness (QED) is 0.556. The molecule has 4 rings (SSSR count). The summed E-state index contributed by atoms with van der Waals surface area (Å²) in [7, 11) is 1.84. The van der Waals surface area contributed by atoms with Crippen molar-refractivity contribution in [3.8, 4) is 0 Å². The van der Waals surface area contributed by atoms with Crippen molar-refractivity contribution >= 4 is 34.1 Å². The summed E-state index contributed by atoms with van der Waals surface area (Å²) in [5, 5.41) is 2.94. The first kappa shape index (κ1) is 16.4. The smallest absolute Gasteiger partial charge is 0.416 e. The molecule has 0 aliphatic carbocycles. The van der Waals surface area contributed by atoms with E-state index in [4.69, 9.17) is 4.42 Å². The monoisotopic (exact) mass is 360 g/mol. The van der Waals surface area contributed by atoms with Gasteiger partial charge in [-0.2, -0.15) is 18.2 Å². The molecule has 2 heterocycles. The van der Waals surface area contributed by atoms with Crippen molar-refractivity contribution in [3.05, 3.63) is 47.5 Å². The van der Waals surface area contributed by atoms with Gasteiger partial charge in [-0.3, -0.25) is 5.32 Å². The molecule has 5 nitrogen and oxygen atoms in total. The minimum absolute atomic E-state index is 0.0912. The Bertz CT molecular complexity index is 1110. The Morgan fingerprint density at radius 1 is 1.08 bits per heavy atom. The number of alkyl halides is 3. The maximum atomic E-state index is 12.8.